The van der Waals surface area contributed by atoms with Crippen LogP contribution < -0.4 is 5.56 Å². The van der Waals surface area contributed by atoms with E-state index in [1.54, 1.807) is 16.7 Å². The van der Waals surface area contributed by atoms with E-state index in [0.29, 0.717) is 11.5 Å². The summed E-state index contributed by atoms with van der Waals surface area (Å²) in [4.78, 5) is 17.0. The van der Waals surface area contributed by atoms with Gasteiger partial charge in [0.05, 0.1) is 0 Å². The lowest BCUT2D eigenvalue weighted by Crippen LogP contribution is -2.22. The Bertz CT molecular complexity index is 753. The molecule has 106 valence electrons. The first-order valence-electron chi connectivity index (χ1n) is 6.79. The quantitative estimate of drug-likeness (QED) is 0.797. The number of rotatable bonds is 4. The topological polar surface area (TPSA) is 34.9 Å². The molecule has 1 heterocycles. The molecule has 21 heavy (non-hydrogen) atoms. The highest BCUT2D eigenvalue weighted by Crippen LogP contribution is 2.19. The molecule has 3 nitrogen and oxygen atoms in total. The molecule has 0 N–H and O–H groups in total. The summed E-state index contributed by atoms with van der Waals surface area (Å²) in [5.41, 5.74) is 2.29. The Morgan fingerprint density at radius 1 is 1.29 bits per heavy atom. The molecule has 0 radical (unpaired) electrons. The number of hydrogen-bond acceptors (Lipinski definition) is 2. The van der Waals surface area contributed by atoms with E-state index in [-0.39, 0.29) is 5.56 Å². The standard InChI is InChI=1S/C18H18N2O/c1-4-6-12-16(5-2)20-17(21)13-14(3)19-18(20)15-10-8-7-9-11-15/h4-13H,1H2,2-3H3/b12-6-,16-5+. The maximum absolute atomic E-state index is 12.4. The third-order valence-electron chi connectivity index (χ3n) is 3.04. The normalized spacial score (nSPS) is 11.8. The summed E-state index contributed by atoms with van der Waals surface area (Å²) in [5, 5.41) is 0. The Labute approximate surface area is 124 Å². The number of hydrogen-bond donors (Lipinski definition) is 0. The molecular weight excluding hydrogens is 260 g/mol. The molecule has 2 rings (SSSR count). The van der Waals surface area contributed by atoms with Crippen LogP contribution in [0.3, 0.4) is 0 Å². The lowest BCUT2D eigenvalue weighted by atomic mass is 10.2. The molecule has 0 saturated heterocycles. The van der Waals surface area contributed by atoms with Crippen molar-refractivity contribution >= 4 is 5.70 Å². The number of aryl methyl sites for hydroxylation is 1. The van der Waals surface area contributed by atoms with E-state index >= 15 is 0 Å². The van der Waals surface area contributed by atoms with E-state index in [4.69, 9.17) is 0 Å². The predicted octanol–water partition coefficient (Wildman–Crippen LogP) is 3.82. The third kappa shape index (κ3) is 3.26. The molecule has 0 aliphatic rings. The van der Waals surface area contributed by atoms with Crippen molar-refractivity contribution in [3.05, 3.63) is 83.3 Å². The number of aromatic nitrogens is 2. The number of nitrogens with zero attached hydrogens (tertiary/aromatic N) is 2. The molecule has 1 aromatic carbocycles. The summed E-state index contributed by atoms with van der Waals surface area (Å²) in [7, 11) is 0. The Morgan fingerprint density at radius 2 is 2.00 bits per heavy atom. The van der Waals surface area contributed by atoms with E-state index in [2.05, 4.69) is 11.6 Å². The van der Waals surface area contributed by atoms with Crippen LogP contribution in [-0.4, -0.2) is 9.55 Å². The Morgan fingerprint density at radius 3 is 2.62 bits per heavy atom. The number of allylic oxidation sites excluding steroid dienone is 5. The van der Waals surface area contributed by atoms with Crippen molar-refractivity contribution in [2.24, 2.45) is 0 Å². The zero-order valence-electron chi connectivity index (χ0n) is 12.3. The van der Waals surface area contributed by atoms with Crippen molar-refractivity contribution in [2.75, 3.05) is 0 Å². The molecule has 0 saturated carbocycles. The molecule has 0 unspecified atom stereocenters. The van der Waals surface area contributed by atoms with Gasteiger partial charge in [-0.25, -0.2) is 4.98 Å². The molecule has 2 aromatic rings. The number of benzene rings is 1. The van der Waals surface area contributed by atoms with Gasteiger partial charge in [0, 0.05) is 23.0 Å². The fourth-order valence-electron chi connectivity index (χ4n) is 2.09. The van der Waals surface area contributed by atoms with Crippen LogP contribution in [0.2, 0.25) is 0 Å². The molecule has 0 aliphatic carbocycles. The van der Waals surface area contributed by atoms with E-state index < -0.39 is 0 Å². The van der Waals surface area contributed by atoms with Gasteiger partial charge >= 0.3 is 0 Å². The lowest BCUT2D eigenvalue weighted by Gasteiger charge is -2.13. The fourth-order valence-corrected chi connectivity index (χ4v) is 2.09. The van der Waals surface area contributed by atoms with Gasteiger partial charge < -0.3 is 0 Å². The van der Waals surface area contributed by atoms with Crippen LogP contribution in [0.1, 0.15) is 12.6 Å². The predicted molar refractivity (Wildman–Crippen MR) is 88.0 cm³/mol. The van der Waals surface area contributed by atoms with Gasteiger partial charge in [0.15, 0.2) is 0 Å². The van der Waals surface area contributed by atoms with Crippen LogP contribution in [0.5, 0.6) is 0 Å². The average molecular weight is 278 g/mol. The van der Waals surface area contributed by atoms with E-state index in [0.717, 1.165) is 11.3 Å². The Hall–Kier alpha value is -2.68. The van der Waals surface area contributed by atoms with Gasteiger partial charge in [0.2, 0.25) is 0 Å². The van der Waals surface area contributed by atoms with E-state index in [1.807, 2.05) is 56.3 Å². The molecule has 3 heteroatoms. The second-order valence-corrected chi connectivity index (χ2v) is 4.57. The highest BCUT2D eigenvalue weighted by molar-refractivity contribution is 5.66. The average Bonchev–Trinajstić information content (AvgIpc) is 2.50. The van der Waals surface area contributed by atoms with E-state index in [1.165, 1.54) is 6.07 Å². The third-order valence-corrected chi connectivity index (χ3v) is 3.04. The summed E-state index contributed by atoms with van der Waals surface area (Å²) in [6.07, 6.45) is 7.21. The van der Waals surface area contributed by atoms with Gasteiger partial charge in [-0.15, -0.1) is 0 Å². The molecule has 0 fully saturated rings. The van der Waals surface area contributed by atoms with E-state index in [9.17, 15) is 4.79 Å². The summed E-state index contributed by atoms with van der Waals surface area (Å²) in [5.74, 6) is 0.641. The highest BCUT2D eigenvalue weighted by Gasteiger charge is 2.11. The SMILES string of the molecule is C=C/C=C\C(=C/C)n1c(-c2ccccc2)nc(C)cc1=O. The van der Waals surface area contributed by atoms with Crippen LogP contribution in [0.25, 0.3) is 17.1 Å². The summed E-state index contributed by atoms with van der Waals surface area (Å²) in [6, 6.07) is 11.2. The largest absolute Gasteiger partial charge is 0.269 e. The molecule has 0 spiro atoms. The van der Waals surface area contributed by atoms with Crippen LogP contribution in [0.4, 0.5) is 0 Å². The molecule has 0 atom stereocenters. The molecule has 0 amide bonds. The zero-order valence-corrected chi connectivity index (χ0v) is 12.3. The molecule has 0 aliphatic heterocycles. The maximum atomic E-state index is 12.4. The van der Waals surface area contributed by atoms with Crippen molar-refractivity contribution in [2.45, 2.75) is 13.8 Å². The van der Waals surface area contributed by atoms with Gasteiger partial charge in [0.25, 0.3) is 5.56 Å². The molecule has 1 aromatic heterocycles. The maximum Gasteiger partial charge on any atom is 0.258 e. The Balaban J connectivity index is 2.73. The second-order valence-electron chi connectivity index (χ2n) is 4.57. The summed E-state index contributed by atoms with van der Waals surface area (Å²) >= 11 is 0. The van der Waals surface area contributed by atoms with Crippen molar-refractivity contribution in [3.63, 3.8) is 0 Å². The van der Waals surface area contributed by atoms with Gasteiger partial charge in [-0.1, -0.05) is 55.1 Å². The first kappa shape index (κ1) is 14.7. The van der Waals surface area contributed by atoms with Gasteiger partial charge in [0.1, 0.15) is 5.82 Å². The second kappa shape index (κ2) is 6.66. The smallest absolute Gasteiger partial charge is 0.258 e. The fraction of sp³-hybridized carbons (Fsp3) is 0.111. The first-order chi connectivity index (χ1) is 10.2. The van der Waals surface area contributed by atoms with Crippen molar-refractivity contribution in [1.82, 2.24) is 9.55 Å². The summed E-state index contributed by atoms with van der Waals surface area (Å²) < 4.78 is 1.61. The lowest BCUT2D eigenvalue weighted by molar-refractivity contribution is 0.953. The monoisotopic (exact) mass is 278 g/mol. The van der Waals surface area contributed by atoms with Crippen molar-refractivity contribution < 1.29 is 0 Å². The molecular formula is C18H18N2O. The van der Waals surface area contributed by atoms with Crippen molar-refractivity contribution in [1.29, 1.82) is 0 Å². The van der Waals surface area contributed by atoms with Gasteiger partial charge in [-0.2, -0.15) is 0 Å². The Kier molecular flexibility index (Phi) is 4.67. The van der Waals surface area contributed by atoms with Crippen LogP contribution >= 0.6 is 0 Å². The first-order valence-corrected chi connectivity index (χ1v) is 6.79. The van der Waals surface area contributed by atoms with Gasteiger partial charge in [-0.3, -0.25) is 9.36 Å². The summed E-state index contributed by atoms with van der Waals surface area (Å²) in [6.45, 7) is 7.38. The minimum atomic E-state index is -0.0943. The van der Waals surface area contributed by atoms with Crippen LogP contribution in [0, 0.1) is 6.92 Å². The minimum Gasteiger partial charge on any atom is -0.269 e. The molecule has 0 bridgehead atoms. The minimum absolute atomic E-state index is 0.0943. The van der Waals surface area contributed by atoms with Crippen LogP contribution in [-0.2, 0) is 0 Å². The highest BCUT2D eigenvalue weighted by atomic mass is 16.1. The van der Waals surface area contributed by atoms with Gasteiger partial charge in [-0.05, 0) is 19.9 Å². The zero-order chi connectivity index (χ0) is 15.2. The van der Waals surface area contributed by atoms with Crippen molar-refractivity contribution in [3.8, 4) is 11.4 Å². The van der Waals surface area contributed by atoms with Crippen LogP contribution in [0.15, 0.2) is 72.1 Å².